The standard InChI is InChI=1S/C25H17Cl2F3N2O3S/c1-36(33,34)35-24(14-2-4-15(5-3-14)25(28,29)30,20-12-31-22-10-16(26)6-8-18(20)22)21-13-32-23-11-17(27)7-9-19(21)23/h2-13,31-32H,1H3. The summed E-state index contributed by atoms with van der Waals surface area (Å²) in [6, 6.07) is 14.2. The van der Waals surface area contributed by atoms with Gasteiger partial charge in [0.2, 0.25) is 0 Å². The van der Waals surface area contributed by atoms with E-state index in [0.717, 1.165) is 18.4 Å². The second-order valence-corrected chi connectivity index (χ2v) is 10.8. The third-order valence-electron chi connectivity index (χ3n) is 5.94. The lowest BCUT2D eigenvalue weighted by Gasteiger charge is -2.33. The van der Waals surface area contributed by atoms with Crippen molar-refractivity contribution in [2.75, 3.05) is 6.26 Å². The summed E-state index contributed by atoms with van der Waals surface area (Å²) in [6.45, 7) is 0. The highest BCUT2D eigenvalue weighted by atomic mass is 35.5. The molecule has 36 heavy (non-hydrogen) atoms. The van der Waals surface area contributed by atoms with E-state index in [2.05, 4.69) is 9.97 Å². The Kier molecular flexibility index (Phi) is 5.87. The van der Waals surface area contributed by atoms with Gasteiger partial charge in [-0.3, -0.25) is 0 Å². The fourth-order valence-electron chi connectivity index (χ4n) is 4.49. The molecule has 0 fully saturated rings. The number of aromatic amines is 2. The summed E-state index contributed by atoms with van der Waals surface area (Å²) in [5.41, 5.74) is -0.646. The van der Waals surface area contributed by atoms with Crippen molar-refractivity contribution >= 4 is 55.1 Å². The molecular formula is C25H17Cl2F3N2O3S. The Balaban J connectivity index is 1.91. The second kappa shape index (κ2) is 8.55. The molecule has 0 spiro atoms. The molecule has 0 bridgehead atoms. The Morgan fingerprint density at radius 1 is 0.750 bits per heavy atom. The zero-order valence-corrected chi connectivity index (χ0v) is 20.8. The molecule has 2 aromatic heterocycles. The van der Waals surface area contributed by atoms with E-state index >= 15 is 0 Å². The van der Waals surface area contributed by atoms with E-state index in [4.69, 9.17) is 27.4 Å². The van der Waals surface area contributed by atoms with Gasteiger partial charge in [-0.05, 0) is 42.0 Å². The van der Waals surface area contributed by atoms with Gasteiger partial charge in [-0.1, -0.05) is 47.5 Å². The molecule has 0 aliphatic heterocycles. The van der Waals surface area contributed by atoms with Crippen LogP contribution < -0.4 is 0 Å². The average molecular weight is 553 g/mol. The van der Waals surface area contributed by atoms with E-state index in [1.165, 1.54) is 12.1 Å². The molecule has 0 aliphatic carbocycles. The zero-order chi connectivity index (χ0) is 25.9. The van der Waals surface area contributed by atoms with Gasteiger partial charge in [0.1, 0.15) is 0 Å². The van der Waals surface area contributed by atoms with Crippen molar-refractivity contribution in [3.8, 4) is 0 Å². The molecule has 186 valence electrons. The summed E-state index contributed by atoms with van der Waals surface area (Å²) in [4.78, 5) is 6.15. The fourth-order valence-corrected chi connectivity index (χ4v) is 5.57. The predicted molar refractivity (Wildman–Crippen MR) is 134 cm³/mol. The average Bonchev–Trinajstić information content (AvgIpc) is 3.40. The molecule has 2 N–H and O–H groups in total. The van der Waals surface area contributed by atoms with E-state index in [0.29, 0.717) is 43.0 Å². The molecule has 11 heteroatoms. The van der Waals surface area contributed by atoms with Crippen molar-refractivity contribution < 1.29 is 25.8 Å². The Morgan fingerprint density at radius 3 is 1.61 bits per heavy atom. The van der Waals surface area contributed by atoms with E-state index in [1.807, 2.05) is 0 Å². The molecule has 0 amide bonds. The Morgan fingerprint density at radius 2 is 1.19 bits per heavy atom. The van der Waals surface area contributed by atoms with Crippen LogP contribution in [0.4, 0.5) is 13.2 Å². The maximum atomic E-state index is 13.4. The van der Waals surface area contributed by atoms with Crippen molar-refractivity contribution in [1.82, 2.24) is 9.97 Å². The van der Waals surface area contributed by atoms with E-state index in [-0.39, 0.29) is 5.56 Å². The molecule has 0 aliphatic rings. The summed E-state index contributed by atoms with van der Waals surface area (Å²) in [7, 11) is -4.18. The number of rotatable bonds is 5. The van der Waals surface area contributed by atoms with Crippen molar-refractivity contribution in [3.05, 3.63) is 105 Å². The van der Waals surface area contributed by atoms with Crippen LogP contribution in [0.5, 0.6) is 0 Å². The molecule has 0 radical (unpaired) electrons. The lowest BCUT2D eigenvalue weighted by molar-refractivity contribution is -0.137. The van der Waals surface area contributed by atoms with Gasteiger partial charge in [0.05, 0.1) is 11.8 Å². The van der Waals surface area contributed by atoms with Crippen LogP contribution in [0.1, 0.15) is 22.3 Å². The normalized spacial score (nSPS) is 13.1. The molecule has 0 atom stereocenters. The first-order valence-corrected chi connectivity index (χ1v) is 13.1. The smallest absolute Gasteiger partial charge is 0.361 e. The van der Waals surface area contributed by atoms with Gasteiger partial charge in [-0.2, -0.15) is 21.6 Å². The van der Waals surface area contributed by atoms with Gasteiger partial charge in [0.15, 0.2) is 5.60 Å². The highest BCUT2D eigenvalue weighted by molar-refractivity contribution is 7.86. The topological polar surface area (TPSA) is 75.0 Å². The van der Waals surface area contributed by atoms with Crippen LogP contribution in [0.3, 0.4) is 0 Å². The predicted octanol–water partition coefficient (Wildman–Crippen LogP) is 7.24. The Labute approximate surface area is 213 Å². The number of alkyl halides is 3. The van der Waals surface area contributed by atoms with Crippen LogP contribution in [-0.2, 0) is 26.1 Å². The van der Waals surface area contributed by atoms with Gasteiger partial charge in [-0.15, -0.1) is 0 Å². The molecule has 3 aromatic carbocycles. The van der Waals surface area contributed by atoms with Gasteiger partial charge in [0.25, 0.3) is 10.1 Å². The summed E-state index contributed by atoms with van der Waals surface area (Å²) in [5.74, 6) is 0. The summed E-state index contributed by atoms with van der Waals surface area (Å²) >= 11 is 12.3. The first-order valence-electron chi connectivity index (χ1n) is 10.5. The van der Waals surface area contributed by atoms with E-state index < -0.39 is 27.5 Å². The first kappa shape index (κ1) is 24.7. The van der Waals surface area contributed by atoms with Crippen LogP contribution in [0.2, 0.25) is 10.0 Å². The quantitative estimate of drug-likeness (QED) is 0.225. The molecular weight excluding hydrogens is 536 g/mol. The maximum absolute atomic E-state index is 13.4. The Hall–Kier alpha value is -2.98. The van der Waals surface area contributed by atoms with Crippen LogP contribution >= 0.6 is 23.2 Å². The van der Waals surface area contributed by atoms with Gasteiger partial charge in [0, 0.05) is 55.4 Å². The largest absolute Gasteiger partial charge is 0.416 e. The summed E-state index contributed by atoms with van der Waals surface area (Å²) in [6.07, 6.45) is -0.547. The third-order valence-corrected chi connectivity index (χ3v) is 6.96. The van der Waals surface area contributed by atoms with E-state index in [9.17, 15) is 21.6 Å². The zero-order valence-electron chi connectivity index (χ0n) is 18.5. The van der Waals surface area contributed by atoms with Crippen molar-refractivity contribution in [2.45, 2.75) is 11.8 Å². The van der Waals surface area contributed by atoms with E-state index in [1.54, 1.807) is 48.8 Å². The maximum Gasteiger partial charge on any atom is 0.416 e. The molecule has 0 unspecified atom stereocenters. The SMILES string of the molecule is CS(=O)(=O)OC(c1ccc(C(F)(F)F)cc1)(c1c[nH]c2cc(Cl)ccc12)c1c[nH]c2cc(Cl)ccc12. The highest BCUT2D eigenvalue weighted by Gasteiger charge is 2.45. The van der Waals surface area contributed by atoms with Crippen LogP contribution in [0, 0.1) is 0 Å². The van der Waals surface area contributed by atoms with Crippen molar-refractivity contribution in [2.24, 2.45) is 0 Å². The number of fused-ring (bicyclic) bond motifs is 2. The monoisotopic (exact) mass is 552 g/mol. The minimum atomic E-state index is -4.58. The van der Waals surface area contributed by atoms with Crippen LogP contribution in [-0.4, -0.2) is 24.6 Å². The number of hydrogen-bond acceptors (Lipinski definition) is 3. The van der Waals surface area contributed by atoms with Crippen LogP contribution in [0.25, 0.3) is 21.8 Å². The highest BCUT2D eigenvalue weighted by Crippen LogP contribution is 2.47. The molecule has 5 aromatic rings. The minimum absolute atomic E-state index is 0.174. The number of aromatic nitrogens is 2. The van der Waals surface area contributed by atoms with Gasteiger partial charge >= 0.3 is 6.18 Å². The van der Waals surface area contributed by atoms with Crippen molar-refractivity contribution in [1.29, 1.82) is 0 Å². The first-order chi connectivity index (χ1) is 16.9. The number of hydrogen-bond donors (Lipinski definition) is 2. The fraction of sp³-hybridized carbons (Fsp3) is 0.120. The lowest BCUT2D eigenvalue weighted by atomic mass is 9.80. The second-order valence-electron chi connectivity index (χ2n) is 8.33. The van der Waals surface area contributed by atoms with Crippen molar-refractivity contribution in [3.63, 3.8) is 0 Å². The lowest BCUT2D eigenvalue weighted by Crippen LogP contribution is -2.35. The molecule has 5 rings (SSSR count). The summed E-state index contributed by atoms with van der Waals surface area (Å²) < 4.78 is 71.5. The molecule has 0 saturated carbocycles. The molecule has 0 saturated heterocycles. The van der Waals surface area contributed by atoms with Gasteiger partial charge in [-0.25, -0.2) is 4.18 Å². The summed E-state index contributed by atoms with van der Waals surface area (Å²) in [5, 5.41) is 2.04. The number of halogens is 5. The number of H-pyrrole nitrogens is 2. The molecule has 5 nitrogen and oxygen atoms in total. The number of benzene rings is 3. The Bertz CT molecular complexity index is 1630. The van der Waals surface area contributed by atoms with Gasteiger partial charge < -0.3 is 9.97 Å². The third kappa shape index (κ3) is 4.26. The minimum Gasteiger partial charge on any atom is -0.361 e. The molecule has 2 heterocycles. The number of nitrogens with one attached hydrogen (secondary N) is 2. The van der Waals surface area contributed by atoms with Crippen LogP contribution in [0.15, 0.2) is 73.1 Å².